The minimum Gasteiger partial charge on any atom is -0.322 e. The molecular weight excluding hydrogens is 355 g/mol. The van der Waals surface area contributed by atoms with Crippen molar-refractivity contribution in [1.29, 1.82) is 0 Å². The van der Waals surface area contributed by atoms with Gasteiger partial charge in [-0.2, -0.15) is 13.2 Å². The van der Waals surface area contributed by atoms with E-state index in [1.165, 1.54) is 12.1 Å². The van der Waals surface area contributed by atoms with Gasteiger partial charge in [0, 0.05) is 11.3 Å². The Kier molecular flexibility index (Phi) is 5.08. The number of anilines is 1. The Labute approximate surface area is 136 Å². The van der Waals surface area contributed by atoms with Gasteiger partial charge in [0.25, 0.3) is 5.91 Å². The fourth-order valence-electron chi connectivity index (χ4n) is 1.72. The Morgan fingerprint density at radius 3 is 2.26 bits per heavy atom. The summed E-state index contributed by atoms with van der Waals surface area (Å²) in [5.41, 5.74) is -0.628. The zero-order valence-electron chi connectivity index (χ0n) is 11.2. The van der Waals surface area contributed by atoms with E-state index < -0.39 is 28.7 Å². The fourth-order valence-corrected chi connectivity index (χ4v) is 2.50. The number of amides is 1. The Hall–Kier alpha value is -1.90. The first-order valence-electron chi connectivity index (χ1n) is 6.07. The SMILES string of the molecule is O=C(Nc1ccc(C(F)(F)F)cc1)c1ccc(Cl)c(S(=O)O)c1. The third-order valence-corrected chi connectivity index (χ3v) is 4.01. The monoisotopic (exact) mass is 363 g/mol. The predicted molar refractivity (Wildman–Crippen MR) is 79.9 cm³/mol. The maximum atomic E-state index is 12.5. The summed E-state index contributed by atoms with van der Waals surface area (Å²) in [4.78, 5) is 11.9. The van der Waals surface area contributed by atoms with E-state index in [-0.39, 0.29) is 21.2 Å². The zero-order chi connectivity index (χ0) is 17.2. The molecule has 0 bridgehead atoms. The Morgan fingerprint density at radius 1 is 1.13 bits per heavy atom. The highest BCUT2D eigenvalue weighted by Gasteiger charge is 2.30. The highest BCUT2D eigenvalue weighted by Crippen LogP contribution is 2.30. The Bertz CT molecular complexity index is 763. The van der Waals surface area contributed by atoms with Crippen molar-refractivity contribution in [3.63, 3.8) is 0 Å². The molecule has 0 fully saturated rings. The van der Waals surface area contributed by atoms with Crippen LogP contribution < -0.4 is 5.32 Å². The molecule has 0 aliphatic carbocycles. The molecular formula is C14H9ClF3NO3S. The normalized spacial score (nSPS) is 12.7. The van der Waals surface area contributed by atoms with E-state index in [4.69, 9.17) is 16.2 Å². The van der Waals surface area contributed by atoms with Crippen LogP contribution in [0.2, 0.25) is 5.02 Å². The molecule has 0 saturated heterocycles. The first-order valence-corrected chi connectivity index (χ1v) is 7.56. The average Bonchev–Trinajstić information content (AvgIpc) is 2.47. The molecule has 0 radical (unpaired) electrons. The van der Waals surface area contributed by atoms with E-state index in [0.717, 1.165) is 30.3 Å². The van der Waals surface area contributed by atoms with Crippen molar-refractivity contribution in [3.8, 4) is 0 Å². The van der Waals surface area contributed by atoms with Crippen molar-refractivity contribution in [2.75, 3.05) is 5.32 Å². The van der Waals surface area contributed by atoms with Crippen LogP contribution in [0.1, 0.15) is 15.9 Å². The van der Waals surface area contributed by atoms with Crippen molar-refractivity contribution in [3.05, 3.63) is 58.6 Å². The molecule has 23 heavy (non-hydrogen) atoms. The molecule has 9 heteroatoms. The molecule has 122 valence electrons. The van der Waals surface area contributed by atoms with Gasteiger partial charge in [0.2, 0.25) is 0 Å². The lowest BCUT2D eigenvalue weighted by atomic mass is 10.1. The minimum atomic E-state index is -4.46. The number of benzene rings is 2. The molecule has 0 aliphatic heterocycles. The van der Waals surface area contributed by atoms with Crippen LogP contribution in [0, 0.1) is 0 Å². The molecule has 4 nitrogen and oxygen atoms in total. The van der Waals surface area contributed by atoms with Crippen LogP contribution in [0.3, 0.4) is 0 Å². The lowest BCUT2D eigenvalue weighted by Gasteiger charge is -2.09. The largest absolute Gasteiger partial charge is 0.416 e. The summed E-state index contributed by atoms with van der Waals surface area (Å²) in [6.45, 7) is 0. The second-order valence-corrected chi connectivity index (χ2v) is 5.77. The number of rotatable bonds is 3. The van der Waals surface area contributed by atoms with Gasteiger partial charge in [0.1, 0.15) is 0 Å². The number of hydrogen-bond donors (Lipinski definition) is 2. The van der Waals surface area contributed by atoms with Crippen LogP contribution in [0.25, 0.3) is 0 Å². The van der Waals surface area contributed by atoms with Gasteiger partial charge in [-0.05, 0) is 42.5 Å². The minimum absolute atomic E-state index is 0.0249. The highest BCUT2D eigenvalue weighted by atomic mass is 35.5. The van der Waals surface area contributed by atoms with Gasteiger partial charge in [-0.15, -0.1) is 0 Å². The molecule has 2 N–H and O–H groups in total. The first-order chi connectivity index (χ1) is 10.7. The van der Waals surface area contributed by atoms with E-state index in [2.05, 4.69) is 5.32 Å². The summed E-state index contributed by atoms with van der Waals surface area (Å²) in [7, 11) is 0. The highest BCUT2D eigenvalue weighted by molar-refractivity contribution is 7.79. The Balaban J connectivity index is 2.19. The molecule has 0 heterocycles. The summed E-state index contributed by atoms with van der Waals surface area (Å²) in [5, 5.41) is 2.42. The quantitative estimate of drug-likeness (QED) is 0.803. The van der Waals surface area contributed by atoms with Gasteiger partial charge in [0.05, 0.1) is 15.5 Å². The van der Waals surface area contributed by atoms with Crippen molar-refractivity contribution in [1.82, 2.24) is 0 Å². The van der Waals surface area contributed by atoms with Crippen LogP contribution in [-0.4, -0.2) is 14.7 Å². The molecule has 0 aromatic heterocycles. The average molecular weight is 364 g/mol. The standard InChI is InChI=1S/C14H9ClF3NO3S/c15-11-6-1-8(7-12(11)23(21)22)13(20)19-10-4-2-9(3-5-10)14(16,17)18/h1-7H,(H,19,20)(H,21,22). The third-order valence-electron chi connectivity index (χ3n) is 2.85. The smallest absolute Gasteiger partial charge is 0.322 e. The maximum Gasteiger partial charge on any atom is 0.416 e. The number of carbonyl (C=O) groups excluding carboxylic acids is 1. The first kappa shape index (κ1) is 17.5. The molecule has 1 unspecified atom stereocenters. The topological polar surface area (TPSA) is 66.4 Å². The summed E-state index contributed by atoms with van der Waals surface area (Å²) >= 11 is 3.36. The zero-order valence-corrected chi connectivity index (χ0v) is 12.8. The molecule has 1 amide bonds. The van der Waals surface area contributed by atoms with Gasteiger partial charge in [-0.1, -0.05) is 11.6 Å². The van der Waals surface area contributed by atoms with E-state index in [0.29, 0.717) is 0 Å². The van der Waals surface area contributed by atoms with Gasteiger partial charge in [-0.25, -0.2) is 4.21 Å². The van der Waals surface area contributed by atoms with Crippen LogP contribution in [0.15, 0.2) is 47.4 Å². The lowest BCUT2D eigenvalue weighted by molar-refractivity contribution is -0.137. The number of halogens is 4. The number of carbonyl (C=O) groups is 1. The summed E-state index contributed by atoms with van der Waals surface area (Å²) < 4.78 is 57.5. The lowest BCUT2D eigenvalue weighted by Crippen LogP contribution is -2.13. The third kappa shape index (κ3) is 4.31. The number of hydrogen-bond acceptors (Lipinski definition) is 2. The second-order valence-electron chi connectivity index (χ2n) is 4.42. The predicted octanol–water partition coefficient (Wildman–Crippen LogP) is 4.19. The van der Waals surface area contributed by atoms with Gasteiger partial charge in [-0.3, -0.25) is 4.79 Å². The molecule has 0 aliphatic rings. The van der Waals surface area contributed by atoms with Gasteiger partial charge < -0.3 is 9.87 Å². The van der Waals surface area contributed by atoms with Crippen LogP contribution in [0.5, 0.6) is 0 Å². The van der Waals surface area contributed by atoms with E-state index in [1.807, 2.05) is 0 Å². The summed E-state index contributed by atoms with van der Waals surface area (Å²) in [6.07, 6.45) is -4.46. The van der Waals surface area contributed by atoms with E-state index in [9.17, 15) is 22.2 Å². The molecule has 2 rings (SSSR count). The maximum absolute atomic E-state index is 12.5. The second kappa shape index (κ2) is 6.69. The van der Waals surface area contributed by atoms with Gasteiger partial charge in [0.15, 0.2) is 11.1 Å². The van der Waals surface area contributed by atoms with Crippen LogP contribution in [-0.2, 0) is 17.3 Å². The van der Waals surface area contributed by atoms with E-state index in [1.54, 1.807) is 0 Å². The number of nitrogens with one attached hydrogen (secondary N) is 1. The fraction of sp³-hybridized carbons (Fsp3) is 0.0714. The number of alkyl halides is 3. The molecule has 0 spiro atoms. The molecule has 2 aromatic carbocycles. The van der Waals surface area contributed by atoms with Gasteiger partial charge >= 0.3 is 6.18 Å². The van der Waals surface area contributed by atoms with Crippen molar-refractivity contribution < 1.29 is 26.7 Å². The summed E-state index contributed by atoms with van der Waals surface area (Å²) in [5.74, 6) is -0.645. The Morgan fingerprint density at radius 2 is 1.74 bits per heavy atom. The van der Waals surface area contributed by atoms with E-state index >= 15 is 0 Å². The van der Waals surface area contributed by atoms with Crippen molar-refractivity contribution in [2.24, 2.45) is 0 Å². The molecule has 1 atom stereocenters. The van der Waals surface area contributed by atoms with Crippen molar-refractivity contribution in [2.45, 2.75) is 11.1 Å². The van der Waals surface area contributed by atoms with Crippen LogP contribution >= 0.6 is 11.6 Å². The molecule has 2 aromatic rings. The van der Waals surface area contributed by atoms with Crippen molar-refractivity contribution >= 4 is 34.3 Å². The summed E-state index contributed by atoms with van der Waals surface area (Å²) in [6, 6.07) is 7.66. The van der Waals surface area contributed by atoms with Crippen LogP contribution in [0.4, 0.5) is 18.9 Å². The molecule has 0 saturated carbocycles.